The summed E-state index contributed by atoms with van der Waals surface area (Å²) in [5, 5.41) is 9.93. The number of ketones is 1. The lowest BCUT2D eigenvalue weighted by Crippen LogP contribution is -2.52. The normalized spacial score (nSPS) is 19.5. The maximum Gasteiger partial charge on any atom is 0.410 e. The van der Waals surface area contributed by atoms with Gasteiger partial charge in [-0.3, -0.25) is 9.59 Å². The predicted octanol–water partition coefficient (Wildman–Crippen LogP) is 5.64. The van der Waals surface area contributed by atoms with E-state index in [-0.39, 0.29) is 49.8 Å². The van der Waals surface area contributed by atoms with Crippen LogP contribution in [0.5, 0.6) is 5.75 Å². The third kappa shape index (κ3) is 11.4. The SMILES string of the molecule is CCc1cc(CN(C(=O)[C@@H]2C[C@H](C(=O)CC(CO)CC(C)C)CN(C(=O)OC(C)(C)C)C2)C2CC2)cc(OCCCOC)c1. The summed E-state index contributed by atoms with van der Waals surface area (Å²) in [4.78, 5) is 44.6. The number of amides is 2. The van der Waals surface area contributed by atoms with Gasteiger partial charge in [0.15, 0.2) is 0 Å². The molecular weight excluding hydrogens is 560 g/mol. The van der Waals surface area contributed by atoms with Crippen molar-refractivity contribution in [2.45, 2.75) is 105 Å². The largest absolute Gasteiger partial charge is 0.493 e. The number of nitrogens with zero attached hydrogens (tertiary/aromatic N) is 2. The number of carbonyl (C=O) groups is 3. The van der Waals surface area contributed by atoms with Gasteiger partial charge in [-0.25, -0.2) is 4.79 Å². The zero-order valence-electron chi connectivity index (χ0n) is 28.1. The Balaban J connectivity index is 1.82. The number of aryl methyl sites for hydroxylation is 1. The fourth-order valence-electron chi connectivity index (χ4n) is 6.03. The van der Waals surface area contributed by atoms with Crippen molar-refractivity contribution in [2.24, 2.45) is 23.7 Å². The van der Waals surface area contributed by atoms with Crippen LogP contribution in [-0.4, -0.2) is 84.4 Å². The van der Waals surface area contributed by atoms with Crippen molar-refractivity contribution in [3.63, 3.8) is 0 Å². The summed E-state index contributed by atoms with van der Waals surface area (Å²) in [5.41, 5.74) is 1.46. The summed E-state index contributed by atoms with van der Waals surface area (Å²) >= 11 is 0. The molecule has 1 aromatic rings. The summed E-state index contributed by atoms with van der Waals surface area (Å²) in [6, 6.07) is 6.34. The number of likely N-dealkylation sites (tertiary alicyclic amines) is 1. The lowest BCUT2D eigenvalue weighted by Gasteiger charge is -2.39. The molecule has 9 heteroatoms. The molecule has 1 N–H and O–H groups in total. The quantitative estimate of drug-likeness (QED) is 0.240. The van der Waals surface area contributed by atoms with Crippen molar-refractivity contribution in [3.8, 4) is 5.75 Å². The Morgan fingerprint density at radius 2 is 1.73 bits per heavy atom. The predicted molar refractivity (Wildman–Crippen MR) is 170 cm³/mol. The summed E-state index contributed by atoms with van der Waals surface area (Å²) in [6.07, 6.45) is 4.41. The fraction of sp³-hybridized carbons (Fsp3) is 0.743. The van der Waals surface area contributed by atoms with E-state index in [1.165, 1.54) is 0 Å². The van der Waals surface area contributed by atoms with Crippen molar-refractivity contribution in [1.29, 1.82) is 0 Å². The van der Waals surface area contributed by atoms with Gasteiger partial charge in [-0.15, -0.1) is 0 Å². The molecular formula is C35H56N2O7. The minimum absolute atomic E-state index is 0.000332. The lowest BCUT2D eigenvalue weighted by atomic mass is 9.81. The topological polar surface area (TPSA) is 106 Å². The second kappa shape index (κ2) is 16.6. The van der Waals surface area contributed by atoms with E-state index < -0.39 is 23.5 Å². The number of hydrogen-bond acceptors (Lipinski definition) is 7. The first-order valence-corrected chi connectivity index (χ1v) is 16.5. The highest BCUT2D eigenvalue weighted by Gasteiger charge is 2.43. The minimum Gasteiger partial charge on any atom is -0.493 e. The molecule has 9 nitrogen and oxygen atoms in total. The molecule has 2 fully saturated rings. The standard InChI is InChI=1S/C35H56N2O7/c1-8-25-15-26(17-31(16-25)43-13-9-12-42-7)20-37(30-10-11-30)33(40)29-19-28(32(39)18-27(23-38)14-24(2)3)21-36(22-29)34(41)44-35(4,5)6/h15-17,24,27-30,38H,8-14,18-23H2,1-7H3/t27?,28-,29+/m0/s1. The highest BCUT2D eigenvalue weighted by Crippen LogP contribution is 2.34. The smallest absolute Gasteiger partial charge is 0.410 e. The molecule has 2 aliphatic rings. The molecule has 3 atom stereocenters. The molecule has 0 radical (unpaired) electrons. The maximum atomic E-state index is 14.3. The van der Waals surface area contributed by atoms with E-state index in [0.29, 0.717) is 32.1 Å². The fourth-order valence-corrected chi connectivity index (χ4v) is 6.03. The highest BCUT2D eigenvalue weighted by atomic mass is 16.6. The molecule has 2 amide bonds. The first kappa shape index (κ1) is 35.8. The van der Waals surface area contributed by atoms with Crippen LogP contribution in [0.2, 0.25) is 0 Å². The van der Waals surface area contributed by atoms with E-state index in [2.05, 4.69) is 32.9 Å². The second-order valence-corrected chi connectivity index (χ2v) is 14.1. The molecule has 44 heavy (non-hydrogen) atoms. The molecule has 1 aromatic carbocycles. The van der Waals surface area contributed by atoms with Gasteiger partial charge in [0.1, 0.15) is 17.1 Å². The second-order valence-electron chi connectivity index (χ2n) is 14.1. The maximum absolute atomic E-state index is 14.3. The third-order valence-electron chi connectivity index (χ3n) is 8.28. The van der Waals surface area contributed by atoms with Crippen molar-refractivity contribution in [2.75, 3.05) is 40.0 Å². The summed E-state index contributed by atoms with van der Waals surface area (Å²) < 4.78 is 16.8. The van der Waals surface area contributed by atoms with Crippen molar-refractivity contribution < 1.29 is 33.7 Å². The van der Waals surface area contributed by atoms with Crippen LogP contribution in [0, 0.1) is 23.7 Å². The van der Waals surface area contributed by atoms with Crippen LogP contribution in [0.4, 0.5) is 4.79 Å². The van der Waals surface area contributed by atoms with Crippen LogP contribution in [0.3, 0.4) is 0 Å². The molecule has 248 valence electrons. The molecule has 1 heterocycles. The number of rotatable bonds is 16. The molecule has 0 spiro atoms. The van der Waals surface area contributed by atoms with E-state index in [1.54, 1.807) is 12.0 Å². The van der Waals surface area contributed by atoms with E-state index in [0.717, 1.165) is 49.0 Å². The molecule has 1 saturated heterocycles. The Morgan fingerprint density at radius 1 is 1.05 bits per heavy atom. The van der Waals surface area contributed by atoms with Crippen LogP contribution in [0.15, 0.2) is 18.2 Å². The lowest BCUT2D eigenvalue weighted by molar-refractivity contribution is -0.140. The minimum atomic E-state index is -0.694. The Labute approximate surface area is 264 Å². The number of aliphatic hydroxyl groups excluding tert-OH is 1. The number of piperidine rings is 1. The van der Waals surface area contributed by atoms with Gasteiger partial charge in [0.2, 0.25) is 5.91 Å². The number of carbonyl (C=O) groups excluding carboxylic acids is 3. The van der Waals surface area contributed by atoms with Crippen molar-refractivity contribution in [1.82, 2.24) is 9.80 Å². The first-order valence-electron chi connectivity index (χ1n) is 16.5. The molecule has 3 rings (SSSR count). The van der Waals surface area contributed by atoms with Gasteiger partial charge < -0.3 is 29.1 Å². The molecule has 1 aliphatic heterocycles. The molecule has 0 aromatic heterocycles. The number of aliphatic hydroxyl groups is 1. The number of Topliss-reactive ketones (excluding diaryl/α,β-unsaturated/α-hetero) is 1. The average Bonchev–Trinajstić information content (AvgIpc) is 3.81. The third-order valence-corrected chi connectivity index (χ3v) is 8.28. The van der Waals surface area contributed by atoms with Crippen molar-refractivity contribution >= 4 is 17.8 Å². The number of ether oxygens (including phenoxy) is 3. The number of hydrogen-bond donors (Lipinski definition) is 1. The van der Waals surface area contributed by atoms with Crippen molar-refractivity contribution in [3.05, 3.63) is 29.3 Å². The van der Waals surface area contributed by atoms with Gasteiger partial charge in [0.05, 0.1) is 12.5 Å². The van der Waals surface area contributed by atoms with Crippen LogP contribution in [-0.2, 0) is 32.0 Å². The number of benzene rings is 1. The Hall–Kier alpha value is -2.65. The zero-order chi connectivity index (χ0) is 32.4. The van der Waals surface area contributed by atoms with E-state index in [1.807, 2.05) is 31.7 Å². The van der Waals surface area contributed by atoms with E-state index in [9.17, 15) is 19.5 Å². The Bertz CT molecular complexity index is 1100. The van der Waals surface area contributed by atoms with Gasteiger partial charge in [-0.2, -0.15) is 0 Å². The van der Waals surface area contributed by atoms with E-state index >= 15 is 0 Å². The Kier molecular flexibility index (Phi) is 13.5. The van der Waals surface area contributed by atoms with Gasteiger partial charge in [0, 0.05) is 64.8 Å². The monoisotopic (exact) mass is 616 g/mol. The molecule has 1 aliphatic carbocycles. The van der Waals surface area contributed by atoms with Gasteiger partial charge >= 0.3 is 6.09 Å². The zero-order valence-corrected chi connectivity index (χ0v) is 28.1. The van der Waals surface area contributed by atoms with Crippen LogP contribution in [0.25, 0.3) is 0 Å². The number of methoxy groups -OCH3 is 1. The summed E-state index contributed by atoms with van der Waals surface area (Å²) in [6.45, 7) is 13.7. The molecule has 1 unspecified atom stereocenters. The average molecular weight is 617 g/mol. The van der Waals surface area contributed by atoms with Crippen LogP contribution < -0.4 is 4.74 Å². The molecule has 0 bridgehead atoms. The summed E-state index contributed by atoms with van der Waals surface area (Å²) in [7, 11) is 1.68. The highest BCUT2D eigenvalue weighted by molar-refractivity contribution is 5.85. The van der Waals surface area contributed by atoms with Crippen LogP contribution >= 0.6 is 0 Å². The Morgan fingerprint density at radius 3 is 2.32 bits per heavy atom. The first-order chi connectivity index (χ1) is 20.8. The van der Waals surface area contributed by atoms with Gasteiger partial charge in [-0.1, -0.05) is 26.8 Å². The van der Waals surface area contributed by atoms with Gasteiger partial charge in [-0.05, 0) is 88.0 Å². The van der Waals surface area contributed by atoms with Gasteiger partial charge in [0.25, 0.3) is 0 Å². The van der Waals surface area contributed by atoms with E-state index in [4.69, 9.17) is 14.2 Å². The summed E-state index contributed by atoms with van der Waals surface area (Å²) in [5.74, 6) is -0.00571. The molecule has 1 saturated carbocycles. The van der Waals surface area contributed by atoms with Crippen LogP contribution in [0.1, 0.15) is 91.2 Å².